The molecule has 1 rings (SSSR count). The number of rotatable bonds is 10. The predicted octanol–water partition coefficient (Wildman–Crippen LogP) is 1.33. The molecule has 1 unspecified atom stereocenters. The summed E-state index contributed by atoms with van der Waals surface area (Å²) in [6.07, 6.45) is -0.637. The molecular formula is C13H19Cl2NO4. The zero-order chi connectivity index (χ0) is 14.8. The number of aliphatic hydroxyl groups is 2. The highest BCUT2D eigenvalue weighted by Gasteiger charge is 2.06. The summed E-state index contributed by atoms with van der Waals surface area (Å²) in [6, 6.07) is 4.94. The fourth-order valence-electron chi connectivity index (χ4n) is 1.40. The van der Waals surface area contributed by atoms with Crippen LogP contribution in [-0.2, 0) is 4.74 Å². The summed E-state index contributed by atoms with van der Waals surface area (Å²) in [5.41, 5.74) is 0. The van der Waals surface area contributed by atoms with Gasteiger partial charge in [-0.1, -0.05) is 23.2 Å². The van der Waals surface area contributed by atoms with Crippen molar-refractivity contribution in [3.8, 4) is 5.75 Å². The number of benzene rings is 1. The van der Waals surface area contributed by atoms with Crippen LogP contribution in [0.1, 0.15) is 0 Å². The first kappa shape index (κ1) is 17.5. The van der Waals surface area contributed by atoms with E-state index in [9.17, 15) is 5.11 Å². The summed E-state index contributed by atoms with van der Waals surface area (Å²) in [6.45, 7) is 1.97. The van der Waals surface area contributed by atoms with E-state index >= 15 is 0 Å². The van der Waals surface area contributed by atoms with Gasteiger partial charge in [0.1, 0.15) is 18.5 Å². The van der Waals surface area contributed by atoms with E-state index in [1.807, 2.05) is 0 Å². The number of halogens is 2. The highest BCUT2D eigenvalue weighted by Crippen LogP contribution is 2.26. The van der Waals surface area contributed by atoms with Gasteiger partial charge in [0.15, 0.2) is 0 Å². The fraction of sp³-hybridized carbons (Fsp3) is 0.538. The second kappa shape index (κ2) is 10.2. The zero-order valence-electron chi connectivity index (χ0n) is 11.0. The van der Waals surface area contributed by atoms with E-state index < -0.39 is 6.10 Å². The predicted molar refractivity (Wildman–Crippen MR) is 78.7 cm³/mol. The third kappa shape index (κ3) is 7.28. The molecule has 0 aliphatic heterocycles. The van der Waals surface area contributed by atoms with Crippen LogP contribution < -0.4 is 10.1 Å². The Morgan fingerprint density at radius 2 is 2.00 bits per heavy atom. The zero-order valence-corrected chi connectivity index (χ0v) is 12.5. The summed E-state index contributed by atoms with van der Waals surface area (Å²) in [5.74, 6) is 0.560. The molecule has 0 aliphatic carbocycles. The van der Waals surface area contributed by atoms with Gasteiger partial charge in [-0.3, -0.25) is 0 Å². The maximum Gasteiger partial charge on any atom is 0.121 e. The molecule has 114 valence electrons. The number of ether oxygens (including phenoxy) is 2. The van der Waals surface area contributed by atoms with E-state index in [4.69, 9.17) is 37.8 Å². The van der Waals surface area contributed by atoms with E-state index in [1.165, 1.54) is 0 Å². The van der Waals surface area contributed by atoms with Gasteiger partial charge in [0.2, 0.25) is 0 Å². The molecule has 1 aromatic carbocycles. The summed E-state index contributed by atoms with van der Waals surface area (Å²) in [5, 5.41) is 22.1. The van der Waals surface area contributed by atoms with Crippen molar-refractivity contribution in [2.24, 2.45) is 0 Å². The van der Waals surface area contributed by atoms with Crippen LogP contribution in [0.15, 0.2) is 18.2 Å². The van der Waals surface area contributed by atoms with Gasteiger partial charge in [-0.25, -0.2) is 0 Å². The van der Waals surface area contributed by atoms with Gasteiger partial charge < -0.3 is 25.0 Å². The number of hydrogen-bond donors (Lipinski definition) is 3. The molecule has 1 atom stereocenters. The van der Waals surface area contributed by atoms with E-state index in [1.54, 1.807) is 18.2 Å². The number of nitrogens with one attached hydrogen (secondary N) is 1. The molecule has 0 saturated heterocycles. The Labute approximate surface area is 128 Å². The standard InChI is InChI=1S/C13H19Cl2NO4/c14-12-2-1-11(7-13(12)15)20-9-10(18)8-16-3-5-19-6-4-17/h1-2,7,10,16-18H,3-6,8-9H2. The lowest BCUT2D eigenvalue weighted by atomic mass is 10.3. The Morgan fingerprint density at radius 3 is 2.70 bits per heavy atom. The molecule has 0 aromatic heterocycles. The van der Waals surface area contributed by atoms with E-state index in [2.05, 4.69) is 5.32 Å². The van der Waals surface area contributed by atoms with Crippen molar-refractivity contribution in [3.05, 3.63) is 28.2 Å². The SMILES string of the molecule is OCCOCCNCC(O)COc1ccc(Cl)c(Cl)c1. The molecule has 0 aliphatic rings. The monoisotopic (exact) mass is 323 g/mol. The topological polar surface area (TPSA) is 71.0 Å². The quantitative estimate of drug-likeness (QED) is 0.567. The van der Waals surface area contributed by atoms with Crippen LogP contribution in [-0.4, -0.2) is 55.8 Å². The van der Waals surface area contributed by atoms with Crippen molar-refractivity contribution in [2.75, 3.05) is 39.5 Å². The third-order valence-electron chi connectivity index (χ3n) is 2.37. The van der Waals surface area contributed by atoms with Gasteiger partial charge in [-0.15, -0.1) is 0 Å². The molecule has 20 heavy (non-hydrogen) atoms. The van der Waals surface area contributed by atoms with Crippen LogP contribution in [0.3, 0.4) is 0 Å². The van der Waals surface area contributed by atoms with Gasteiger partial charge in [0.05, 0.1) is 29.9 Å². The van der Waals surface area contributed by atoms with E-state index in [-0.39, 0.29) is 13.2 Å². The minimum atomic E-state index is -0.637. The average Bonchev–Trinajstić information content (AvgIpc) is 2.44. The molecule has 0 radical (unpaired) electrons. The summed E-state index contributed by atoms with van der Waals surface area (Å²) < 4.78 is 10.5. The van der Waals surface area contributed by atoms with Crippen LogP contribution in [0.4, 0.5) is 0 Å². The second-order valence-corrected chi connectivity index (χ2v) is 4.90. The minimum Gasteiger partial charge on any atom is -0.491 e. The number of aliphatic hydroxyl groups excluding tert-OH is 2. The second-order valence-electron chi connectivity index (χ2n) is 4.08. The lowest BCUT2D eigenvalue weighted by Gasteiger charge is -2.13. The molecule has 5 nitrogen and oxygen atoms in total. The highest BCUT2D eigenvalue weighted by atomic mass is 35.5. The van der Waals surface area contributed by atoms with Crippen molar-refractivity contribution in [1.82, 2.24) is 5.32 Å². The first-order chi connectivity index (χ1) is 9.63. The molecule has 0 spiro atoms. The smallest absolute Gasteiger partial charge is 0.121 e. The summed E-state index contributed by atoms with van der Waals surface area (Å²) in [4.78, 5) is 0. The van der Waals surface area contributed by atoms with Crippen molar-refractivity contribution >= 4 is 23.2 Å². The molecule has 0 amide bonds. The van der Waals surface area contributed by atoms with Gasteiger partial charge in [-0.05, 0) is 12.1 Å². The largest absolute Gasteiger partial charge is 0.491 e. The van der Waals surface area contributed by atoms with Gasteiger partial charge >= 0.3 is 0 Å². The van der Waals surface area contributed by atoms with Crippen LogP contribution in [0.25, 0.3) is 0 Å². The Balaban J connectivity index is 2.13. The molecule has 0 bridgehead atoms. The number of hydrogen-bond acceptors (Lipinski definition) is 5. The van der Waals surface area contributed by atoms with Crippen molar-refractivity contribution < 1.29 is 19.7 Å². The molecule has 7 heteroatoms. The highest BCUT2D eigenvalue weighted by molar-refractivity contribution is 6.42. The molecular weight excluding hydrogens is 305 g/mol. The van der Waals surface area contributed by atoms with Crippen molar-refractivity contribution in [1.29, 1.82) is 0 Å². The summed E-state index contributed by atoms with van der Waals surface area (Å²) >= 11 is 11.6. The molecule has 1 aromatic rings. The van der Waals surface area contributed by atoms with Gasteiger partial charge in [0, 0.05) is 19.2 Å². The Kier molecular flexibility index (Phi) is 8.93. The van der Waals surface area contributed by atoms with Crippen LogP contribution in [0, 0.1) is 0 Å². The Bertz CT molecular complexity index is 393. The molecule has 0 saturated carbocycles. The third-order valence-corrected chi connectivity index (χ3v) is 3.11. The van der Waals surface area contributed by atoms with Crippen molar-refractivity contribution in [3.63, 3.8) is 0 Å². The van der Waals surface area contributed by atoms with E-state index in [0.29, 0.717) is 42.1 Å². The average molecular weight is 324 g/mol. The Hall–Kier alpha value is -0.560. The summed E-state index contributed by atoms with van der Waals surface area (Å²) in [7, 11) is 0. The normalized spacial score (nSPS) is 12.4. The first-order valence-electron chi connectivity index (χ1n) is 6.28. The molecule has 3 N–H and O–H groups in total. The van der Waals surface area contributed by atoms with Crippen LogP contribution >= 0.6 is 23.2 Å². The van der Waals surface area contributed by atoms with Crippen LogP contribution in [0.5, 0.6) is 5.75 Å². The van der Waals surface area contributed by atoms with Crippen molar-refractivity contribution in [2.45, 2.75) is 6.10 Å². The lowest BCUT2D eigenvalue weighted by Crippen LogP contribution is -2.33. The first-order valence-corrected chi connectivity index (χ1v) is 7.04. The molecule has 0 fully saturated rings. The van der Waals surface area contributed by atoms with Gasteiger partial charge in [0.25, 0.3) is 0 Å². The van der Waals surface area contributed by atoms with Crippen LogP contribution in [0.2, 0.25) is 10.0 Å². The minimum absolute atomic E-state index is 0.0140. The maximum absolute atomic E-state index is 9.71. The molecule has 0 heterocycles. The van der Waals surface area contributed by atoms with E-state index in [0.717, 1.165) is 0 Å². The lowest BCUT2D eigenvalue weighted by molar-refractivity contribution is 0.0842. The maximum atomic E-state index is 9.71. The van der Waals surface area contributed by atoms with Gasteiger partial charge in [-0.2, -0.15) is 0 Å². The fourth-order valence-corrected chi connectivity index (χ4v) is 1.69. The Morgan fingerprint density at radius 1 is 1.20 bits per heavy atom.